The van der Waals surface area contributed by atoms with Crippen LogP contribution in [0.15, 0.2) is 69.0 Å². The molecule has 5 nitrogen and oxygen atoms in total. The summed E-state index contributed by atoms with van der Waals surface area (Å²) in [5.74, 6) is -0.718. The molecular weight excluding hydrogens is 548 g/mol. The lowest BCUT2D eigenvalue weighted by atomic mass is 10.1. The first kappa shape index (κ1) is 24.6. The van der Waals surface area contributed by atoms with Gasteiger partial charge in [0.15, 0.2) is 5.16 Å². The van der Waals surface area contributed by atoms with Gasteiger partial charge in [-0.3, -0.25) is 14.2 Å². The summed E-state index contributed by atoms with van der Waals surface area (Å²) < 4.78 is 29.8. The van der Waals surface area contributed by atoms with Crippen molar-refractivity contribution in [2.75, 3.05) is 11.1 Å². The molecule has 1 heterocycles. The van der Waals surface area contributed by atoms with Gasteiger partial charge in [0.2, 0.25) is 5.91 Å². The average Bonchev–Trinajstić information content (AvgIpc) is 3.32. The van der Waals surface area contributed by atoms with Crippen LogP contribution in [-0.2, 0) is 17.6 Å². The van der Waals surface area contributed by atoms with Crippen LogP contribution in [0.5, 0.6) is 0 Å². The number of aromatic nitrogens is 2. The van der Waals surface area contributed by atoms with Gasteiger partial charge >= 0.3 is 0 Å². The van der Waals surface area contributed by atoms with Gasteiger partial charge in [-0.1, -0.05) is 23.9 Å². The number of rotatable bonds is 7. The summed E-state index contributed by atoms with van der Waals surface area (Å²) in [7, 11) is 0. The summed E-state index contributed by atoms with van der Waals surface area (Å²) in [5.41, 5.74) is 3.49. The molecule has 0 saturated carbocycles. The molecule has 0 radical (unpaired) electrons. The fourth-order valence-corrected chi connectivity index (χ4v) is 5.71. The SMILES string of the molecule is O=C(CCCSc1nc2cccc(F)c2c(=O)n1-c1ccc(F)c(Br)c1)Nc1ccc2c(c1)CCC2. The molecule has 184 valence electrons. The van der Waals surface area contributed by atoms with Crippen LogP contribution in [0.4, 0.5) is 14.5 Å². The highest BCUT2D eigenvalue weighted by Gasteiger charge is 2.17. The van der Waals surface area contributed by atoms with Gasteiger partial charge < -0.3 is 5.32 Å². The highest BCUT2D eigenvalue weighted by atomic mass is 79.9. The van der Waals surface area contributed by atoms with E-state index in [0.717, 1.165) is 24.9 Å². The third kappa shape index (κ3) is 5.08. The van der Waals surface area contributed by atoms with E-state index in [4.69, 9.17) is 0 Å². The third-order valence-corrected chi connectivity index (χ3v) is 7.77. The molecule has 1 aromatic heterocycles. The molecule has 1 N–H and O–H groups in total. The van der Waals surface area contributed by atoms with Crippen LogP contribution in [0.3, 0.4) is 0 Å². The lowest BCUT2D eigenvalue weighted by Crippen LogP contribution is -2.23. The van der Waals surface area contributed by atoms with Crippen LogP contribution < -0.4 is 10.9 Å². The van der Waals surface area contributed by atoms with E-state index in [1.165, 1.54) is 57.8 Å². The molecule has 1 aliphatic carbocycles. The Balaban J connectivity index is 1.32. The van der Waals surface area contributed by atoms with E-state index in [1.54, 1.807) is 6.07 Å². The minimum atomic E-state index is -0.667. The summed E-state index contributed by atoms with van der Waals surface area (Å²) >= 11 is 4.44. The Bertz CT molecular complexity index is 1540. The molecule has 0 aliphatic heterocycles. The number of thioether (sulfide) groups is 1. The van der Waals surface area contributed by atoms with Crippen molar-refractivity contribution in [3.63, 3.8) is 0 Å². The average molecular weight is 570 g/mol. The molecule has 0 spiro atoms. The van der Waals surface area contributed by atoms with Crippen molar-refractivity contribution in [1.82, 2.24) is 9.55 Å². The Morgan fingerprint density at radius 1 is 1.06 bits per heavy atom. The van der Waals surface area contributed by atoms with Gasteiger partial charge in [0.25, 0.3) is 5.56 Å². The van der Waals surface area contributed by atoms with Crippen molar-refractivity contribution in [2.24, 2.45) is 0 Å². The number of hydrogen-bond donors (Lipinski definition) is 1. The Morgan fingerprint density at radius 3 is 2.72 bits per heavy atom. The number of hydrogen-bond acceptors (Lipinski definition) is 4. The number of halogens is 3. The number of carbonyl (C=O) groups is 1. The Kier molecular flexibility index (Phi) is 7.20. The van der Waals surface area contributed by atoms with Gasteiger partial charge in [0, 0.05) is 17.9 Å². The molecule has 3 aromatic carbocycles. The van der Waals surface area contributed by atoms with Crippen LogP contribution in [-0.4, -0.2) is 21.2 Å². The zero-order valence-electron chi connectivity index (χ0n) is 19.2. The minimum Gasteiger partial charge on any atom is -0.326 e. The largest absolute Gasteiger partial charge is 0.326 e. The molecule has 1 amide bonds. The Hall–Kier alpha value is -3.04. The van der Waals surface area contributed by atoms with Gasteiger partial charge in [-0.2, -0.15) is 0 Å². The van der Waals surface area contributed by atoms with Crippen LogP contribution in [0.1, 0.15) is 30.4 Å². The maximum Gasteiger partial charge on any atom is 0.269 e. The van der Waals surface area contributed by atoms with Crippen molar-refractivity contribution >= 4 is 50.2 Å². The van der Waals surface area contributed by atoms with Crippen molar-refractivity contribution in [2.45, 2.75) is 37.3 Å². The van der Waals surface area contributed by atoms with Crippen LogP contribution >= 0.6 is 27.7 Å². The number of amides is 1. The van der Waals surface area contributed by atoms with Crippen molar-refractivity contribution in [3.8, 4) is 5.69 Å². The normalized spacial score (nSPS) is 12.6. The monoisotopic (exact) mass is 569 g/mol. The second-order valence-electron chi connectivity index (χ2n) is 8.60. The Morgan fingerprint density at radius 2 is 1.89 bits per heavy atom. The number of fused-ring (bicyclic) bond motifs is 2. The van der Waals surface area contributed by atoms with Crippen LogP contribution in [0, 0.1) is 11.6 Å². The minimum absolute atomic E-state index is 0.0815. The number of benzene rings is 3. The van der Waals surface area contributed by atoms with Crippen LogP contribution in [0.25, 0.3) is 16.6 Å². The molecule has 0 bridgehead atoms. The molecule has 5 rings (SSSR count). The zero-order chi connectivity index (χ0) is 25.2. The van der Waals surface area contributed by atoms with E-state index in [0.29, 0.717) is 29.4 Å². The van der Waals surface area contributed by atoms with Gasteiger partial charge in [-0.15, -0.1) is 0 Å². The molecule has 0 atom stereocenters. The first-order valence-corrected chi connectivity index (χ1v) is 13.4. The zero-order valence-corrected chi connectivity index (χ0v) is 21.6. The fourth-order valence-electron chi connectivity index (χ4n) is 4.39. The molecule has 0 fully saturated rings. The smallest absolute Gasteiger partial charge is 0.269 e. The molecule has 4 aromatic rings. The van der Waals surface area contributed by atoms with Gasteiger partial charge in [0.1, 0.15) is 17.0 Å². The summed E-state index contributed by atoms with van der Waals surface area (Å²) in [4.78, 5) is 30.3. The predicted molar refractivity (Wildman–Crippen MR) is 142 cm³/mol. The number of nitrogens with zero attached hydrogens (tertiary/aromatic N) is 2. The summed E-state index contributed by atoms with van der Waals surface area (Å²) in [6, 6.07) is 14.5. The number of aryl methyl sites for hydroxylation is 2. The number of anilines is 1. The molecule has 0 saturated heterocycles. The molecule has 9 heteroatoms. The highest BCUT2D eigenvalue weighted by molar-refractivity contribution is 9.10. The van der Waals surface area contributed by atoms with E-state index in [1.807, 2.05) is 12.1 Å². The summed E-state index contributed by atoms with van der Waals surface area (Å²) in [6.07, 6.45) is 4.14. The fraction of sp³-hybridized carbons (Fsp3) is 0.222. The van der Waals surface area contributed by atoms with Gasteiger partial charge in [-0.25, -0.2) is 13.8 Å². The molecule has 0 unspecified atom stereocenters. The second-order valence-corrected chi connectivity index (χ2v) is 10.5. The Labute approximate surface area is 219 Å². The first-order valence-electron chi connectivity index (χ1n) is 11.6. The van der Waals surface area contributed by atoms with Gasteiger partial charge in [-0.05, 0) is 95.2 Å². The van der Waals surface area contributed by atoms with Crippen molar-refractivity contribution in [1.29, 1.82) is 0 Å². The lowest BCUT2D eigenvalue weighted by Gasteiger charge is -2.14. The van der Waals surface area contributed by atoms with E-state index < -0.39 is 17.2 Å². The molecule has 1 aliphatic rings. The quantitative estimate of drug-likeness (QED) is 0.158. The summed E-state index contributed by atoms with van der Waals surface area (Å²) in [6.45, 7) is 0. The predicted octanol–water partition coefficient (Wildman–Crippen LogP) is 6.43. The second kappa shape index (κ2) is 10.5. The number of carbonyl (C=O) groups excluding carboxylic acids is 1. The summed E-state index contributed by atoms with van der Waals surface area (Å²) in [5, 5.41) is 3.17. The van der Waals surface area contributed by atoms with E-state index >= 15 is 0 Å². The maximum atomic E-state index is 14.5. The van der Waals surface area contributed by atoms with E-state index in [-0.39, 0.29) is 21.3 Å². The maximum absolute atomic E-state index is 14.5. The van der Waals surface area contributed by atoms with Crippen LogP contribution in [0.2, 0.25) is 0 Å². The number of nitrogens with one attached hydrogen (secondary N) is 1. The van der Waals surface area contributed by atoms with Crippen molar-refractivity contribution < 1.29 is 13.6 Å². The van der Waals surface area contributed by atoms with E-state index in [9.17, 15) is 18.4 Å². The molecular formula is C27H22BrF2N3O2S. The third-order valence-electron chi connectivity index (χ3n) is 6.14. The lowest BCUT2D eigenvalue weighted by molar-refractivity contribution is -0.116. The van der Waals surface area contributed by atoms with Crippen molar-refractivity contribution in [3.05, 3.63) is 92.2 Å². The topological polar surface area (TPSA) is 64.0 Å². The highest BCUT2D eigenvalue weighted by Crippen LogP contribution is 2.27. The van der Waals surface area contributed by atoms with E-state index in [2.05, 4.69) is 32.3 Å². The standard InChI is InChI=1S/C27H22BrF2N3O2S/c28-20-15-19(11-12-21(20)29)33-26(35)25-22(30)6-2-7-23(25)32-27(33)36-13-3-8-24(34)31-18-10-9-16-4-1-5-17(16)14-18/h2,6-7,9-12,14-15H,1,3-5,8,13H2,(H,31,34). The first-order chi connectivity index (χ1) is 17.4. The molecule has 36 heavy (non-hydrogen) atoms. The van der Waals surface area contributed by atoms with Gasteiger partial charge in [0.05, 0.1) is 15.7 Å².